The quantitative estimate of drug-likeness (QED) is 0.783. The maximum absolute atomic E-state index is 12.2. The van der Waals surface area contributed by atoms with E-state index in [0.29, 0.717) is 35.7 Å². The van der Waals surface area contributed by atoms with Crippen molar-refractivity contribution in [2.45, 2.75) is 25.9 Å². The zero-order valence-corrected chi connectivity index (χ0v) is 11.5. The molecular formula is C15H18O4. The first-order chi connectivity index (χ1) is 9.12. The van der Waals surface area contributed by atoms with Crippen molar-refractivity contribution in [3.63, 3.8) is 0 Å². The highest BCUT2D eigenvalue weighted by atomic mass is 16.5. The number of benzene rings is 1. The monoisotopic (exact) mass is 262 g/mol. The predicted octanol–water partition coefficient (Wildman–Crippen LogP) is 2.79. The number of ketones is 1. The van der Waals surface area contributed by atoms with Gasteiger partial charge in [-0.15, -0.1) is 6.58 Å². The number of fused-ring (bicyclic) bond motifs is 1. The Hall–Kier alpha value is -1.97. The average Bonchev–Trinajstić information content (AvgIpc) is 2.39. The van der Waals surface area contributed by atoms with E-state index in [1.807, 2.05) is 6.92 Å². The van der Waals surface area contributed by atoms with Crippen molar-refractivity contribution in [3.05, 3.63) is 29.8 Å². The van der Waals surface area contributed by atoms with Crippen molar-refractivity contribution < 1.29 is 19.0 Å². The van der Waals surface area contributed by atoms with E-state index in [1.54, 1.807) is 19.3 Å². The molecule has 2 rings (SSSR count). The van der Waals surface area contributed by atoms with E-state index in [2.05, 4.69) is 6.58 Å². The van der Waals surface area contributed by atoms with Crippen LogP contribution in [0, 0.1) is 0 Å². The highest BCUT2D eigenvalue weighted by Gasteiger charge is 2.31. The Bertz CT molecular complexity index is 519. The SMILES string of the molecule is C=CCc1c(OC)cc(OC)c2c1OC(C)CC2=O. The molecule has 1 aliphatic rings. The Morgan fingerprint density at radius 3 is 2.68 bits per heavy atom. The van der Waals surface area contributed by atoms with Crippen LogP contribution in [0.1, 0.15) is 29.3 Å². The Kier molecular flexibility index (Phi) is 3.79. The number of rotatable bonds is 4. The molecule has 0 spiro atoms. The van der Waals surface area contributed by atoms with E-state index in [9.17, 15) is 4.79 Å². The van der Waals surface area contributed by atoms with Gasteiger partial charge in [0.15, 0.2) is 5.78 Å². The van der Waals surface area contributed by atoms with Crippen molar-refractivity contribution in [1.82, 2.24) is 0 Å². The molecule has 0 N–H and O–H groups in total. The van der Waals surface area contributed by atoms with Crippen LogP contribution >= 0.6 is 0 Å². The lowest BCUT2D eigenvalue weighted by atomic mass is 9.95. The van der Waals surface area contributed by atoms with Gasteiger partial charge < -0.3 is 14.2 Å². The summed E-state index contributed by atoms with van der Waals surface area (Å²) in [5.74, 6) is 1.76. The van der Waals surface area contributed by atoms with Gasteiger partial charge in [-0.25, -0.2) is 0 Å². The minimum Gasteiger partial charge on any atom is -0.496 e. The van der Waals surface area contributed by atoms with Crippen molar-refractivity contribution in [2.24, 2.45) is 0 Å². The van der Waals surface area contributed by atoms with Crippen LogP contribution in [0.3, 0.4) is 0 Å². The third kappa shape index (κ3) is 2.30. The molecule has 0 fully saturated rings. The molecule has 4 heteroatoms. The Morgan fingerprint density at radius 1 is 1.42 bits per heavy atom. The van der Waals surface area contributed by atoms with Crippen LogP contribution in [-0.2, 0) is 6.42 Å². The van der Waals surface area contributed by atoms with Gasteiger partial charge in [0.2, 0.25) is 0 Å². The maximum Gasteiger partial charge on any atom is 0.174 e. The van der Waals surface area contributed by atoms with Crippen molar-refractivity contribution >= 4 is 5.78 Å². The minimum absolute atomic E-state index is 0.0403. The molecule has 4 nitrogen and oxygen atoms in total. The fourth-order valence-corrected chi connectivity index (χ4v) is 2.33. The molecule has 19 heavy (non-hydrogen) atoms. The third-order valence-corrected chi connectivity index (χ3v) is 3.17. The van der Waals surface area contributed by atoms with Crippen LogP contribution in [0.4, 0.5) is 0 Å². The van der Waals surface area contributed by atoms with Crippen molar-refractivity contribution in [1.29, 1.82) is 0 Å². The van der Waals surface area contributed by atoms with Crippen molar-refractivity contribution in [3.8, 4) is 17.2 Å². The number of carbonyl (C=O) groups is 1. The van der Waals surface area contributed by atoms with Gasteiger partial charge in [0.05, 0.1) is 14.2 Å². The van der Waals surface area contributed by atoms with E-state index in [-0.39, 0.29) is 11.9 Å². The molecule has 1 aliphatic heterocycles. The van der Waals surface area contributed by atoms with Crippen LogP contribution in [0.15, 0.2) is 18.7 Å². The lowest BCUT2D eigenvalue weighted by molar-refractivity contribution is 0.0863. The maximum atomic E-state index is 12.2. The second-order valence-corrected chi connectivity index (χ2v) is 4.51. The summed E-state index contributed by atoms with van der Waals surface area (Å²) in [6.07, 6.45) is 2.57. The predicted molar refractivity (Wildman–Crippen MR) is 72.5 cm³/mol. The summed E-state index contributed by atoms with van der Waals surface area (Å²) in [4.78, 5) is 12.2. The highest BCUT2D eigenvalue weighted by molar-refractivity contribution is 6.03. The molecule has 1 atom stereocenters. The second-order valence-electron chi connectivity index (χ2n) is 4.51. The summed E-state index contributed by atoms with van der Waals surface area (Å²) in [5.41, 5.74) is 1.35. The van der Waals surface area contributed by atoms with Crippen LogP contribution < -0.4 is 14.2 Å². The smallest absolute Gasteiger partial charge is 0.174 e. The number of hydrogen-bond donors (Lipinski definition) is 0. The molecule has 1 heterocycles. The summed E-state index contributed by atoms with van der Waals surface area (Å²) in [6.45, 7) is 5.61. The number of ether oxygens (including phenoxy) is 3. The van der Waals surface area contributed by atoms with E-state index in [4.69, 9.17) is 14.2 Å². The third-order valence-electron chi connectivity index (χ3n) is 3.17. The van der Waals surface area contributed by atoms with Gasteiger partial charge in [0.1, 0.15) is 28.9 Å². The first kappa shape index (κ1) is 13.5. The average molecular weight is 262 g/mol. The molecule has 1 aromatic rings. The van der Waals surface area contributed by atoms with Gasteiger partial charge in [0, 0.05) is 18.1 Å². The van der Waals surface area contributed by atoms with Gasteiger partial charge in [0.25, 0.3) is 0 Å². The molecular weight excluding hydrogens is 244 g/mol. The fraction of sp³-hybridized carbons (Fsp3) is 0.400. The summed E-state index contributed by atoms with van der Waals surface area (Å²) in [7, 11) is 3.12. The number of carbonyl (C=O) groups excluding carboxylic acids is 1. The van der Waals surface area contributed by atoms with E-state index in [1.165, 1.54) is 7.11 Å². The molecule has 1 aromatic carbocycles. The lowest BCUT2D eigenvalue weighted by Crippen LogP contribution is -2.25. The Balaban J connectivity index is 2.70. The molecule has 0 aromatic heterocycles. The van der Waals surface area contributed by atoms with Crippen LogP contribution in [0.5, 0.6) is 17.2 Å². The summed E-state index contributed by atoms with van der Waals surface area (Å²) in [6, 6.07) is 1.73. The van der Waals surface area contributed by atoms with Crippen LogP contribution in [0.25, 0.3) is 0 Å². The van der Waals surface area contributed by atoms with E-state index < -0.39 is 0 Å². The Morgan fingerprint density at radius 2 is 2.11 bits per heavy atom. The second kappa shape index (κ2) is 5.34. The van der Waals surface area contributed by atoms with E-state index in [0.717, 1.165) is 5.56 Å². The molecule has 0 amide bonds. The first-order valence-electron chi connectivity index (χ1n) is 6.21. The molecule has 1 unspecified atom stereocenters. The zero-order chi connectivity index (χ0) is 14.0. The highest BCUT2D eigenvalue weighted by Crippen LogP contribution is 2.43. The molecule has 0 radical (unpaired) electrons. The standard InChI is InChI=1S/C15H18O4/c1-5-6-10-12(17-3)8-13(18-4)14-11(16)7-9(2)19-15(10)14/h5,8-9H,1,6-7H2,2-4H3. The number of allylic oxidation sites excluding steroid dienone is 1. The summed E-state index contributed by atoms with van der Waals surface area (Å²) in [5, 5.41) is 0. The van der Waals surface area contributed by atoms with Gasteiger partial charge in [-0.05, 0) is 13.3 Å². The zero-order valence-electron chi connectivity index (χ0n) is 11.5. The minimum atomic E-state index is -0.139. The molecule has 0 saturated heterocycles. The lowest BCUT2D eigenvalue weighted by Gasteiger charge is -2.27. The molecule has 0 saturated carbocycles. The Labute approximate surface area is 113 Å². The molecule has 0 bridgehead atoms. The van der Waals surface area contributed by atoms with Crippen molar-refractivity contribution in [2.75, 3.05) is 14.2 Å². The van der Waals surface area contributed by atoms with Gasteiger partial charge in [-0.3, -0.25) is 4.79 Å². The van der Waals surface area contributed by atoms with Gasteiger partial charge >= 0.3 is 0 Å². The van der Waals surface area contributed by atoms with Gasteiger partial charge in [-0.1, -0.05) is 6.08 Å². The molecule has 102 valence electrons. The van der Waals surface area contributed by atoms with Gasteiger partial charge in [-0.2, -0.15) is 0 Å². The van der Waals surface area contributed by atoms with Crippen LogP contribution in [0.2, 0.25) is 0 Å². The normalized spacial score (nSPS) is 17.4. The number of Topliss-reactive ketones (excluding diaryl/α,β-unsaturated/α-hetero) is 1. The summed E-state index contributed by atoms with van der Waals surface area (Å²) < 4.78 is 16.5. The summed E-state index contributed by atoms with van der Waals surface area (Å²) >= 11 is 0. The largest absolute Gasteiger partial charge is 0.496 e. The number of methoxy groups -OCH3 is 2. The van der Waals surface area contributed by atoms with E-state index >= 15 is 0 Å². The fourth-order valence-electron chi connectivity index (χ4n) is 2.33. The topological polar surface area (TPSA) is 44.8 Å². The first-order valence-corrected chi connectivity index (χ1v) is 6.21. The van der Waals surface area contributed by atoms with Crippen LogP contribution in [-0.4, -0.2) is 26.1 Å². The number of hydrogen-bond acceptors (Lipinski definition) is 4. The molecule has 0 aliphatic carbocycles.